The smallest absolute Gasteiger partial charge is 0.261 e. The van der Waals surface area contributed by atoms with Gasteiger partial charge in [0.2, 0.25) is 0 Å². The Hall–Kier alpha value is -3.83. The van der Waals surface area contributed by atoms with E-state index in [4.69, 9.17) is 4.98 Å². The number of rotatable bonds is 5. The van der Waals surface area contributed by atoms with E-state index >= 15 is 0 Å². The first kappa shape index (κ1) is 21.7. The average molecular weight is 488 g/mol. The van der Waals surface area contributed by atoms with E-state index in [1.807, 2.05) is 24.4 Å². The normalized spacial score (nSPS) is 15.7. The van der Waals surface area contributed by atoms with Gasteiger partial charge in [-0.05, 0) is 31.5 Å². The highest BCUT2D eigenvalue weighted by Gasteiger charge is 2.22. The number of likely N-dealkylation sites (N-methyl/N-ethyl adjacent to an activating group) is 1. The minimum Gasteiger partial charge on any atom is -0.373 e. The number of imidazole rings is 1. The van der Waals surface area contributed by atoms with Gasteiger partial charge in [-0.15, -0.1) is 11.3 Å². The molecule has 1 saturated heterocycles. The predicted molar refractivity (Wildman–Crippen MR) is 139 cm³/mol. The number of H-pyrrole nitrogens is 2. The standard InChI is InChI=1S/C24H25N9OS/c1-14(22-25-5-3-6-26-22)28-20-19(24(34)31-15-4-11-35-21(15)20)23-29-16-12-18(27-13-17(16)30-23)33-9-7-32(2)8-10-33/h3-6,11-14H,7-10H2,1-2H3,(H,29,30)(H2,28,31,34). The second-order valence-corrected chi connectivity index (χ2v) is 9.69. The van der Waals surface area contributed by atoms with Crippen molar-refractivity contribution in [2.75, 3.05) is 43.4 Å². The third-order valence-corrected chi connectivity index (χ3v) is 7.30. The lowest BCUT2D eigenvalue weighted by Crippen LogP contribution is -2.44. The van der Waals surface area contributed by atoms with E-state index in [-0.39, 0.29) is 11.6 Å². The molecule has 3 N–H and O–H groups in total. The molecule has 0 radical (unpaired) electrons. The summed E-state index contributed by atoms with van der Waals surface area (Å²) in [6.45, 7) is 5.83. The molecule has 1 aliphatic rings. The number of nitrogens with zero attached hydrogens (tertiary/aromatic N) is 6. The van der Waals surface area contributed by atoms with Crippen LogP contribution in [0, 0.1) is 0 Å². The summed E-state index contributed by atoms with van der Waals surface area (Å²) in [4.78, 5) is 42.4. The zero-order chi connectivity index (χ0) is 23.9. The Kier molecular flexibility index (Phi) is 5.42. The lowest BCUT2D eigenvalue weighted by Gasteiger charge is -2.33. The molecule has 0 bridgehead atoms. The number of anilines is 2. The highest BCUT2D eigenvalue weighted by Crippen LogP contribution is 2.36. The third kappa shape index (κ3) is 4.02. The van der Waals surface area contributed by atoms with Crippen molar-refractivity contribution >= 4 is 44.1 Å². The van der Waals surface area contributed by atoms with Gasteiger partial charge in [0.15, 0.2) is 0 Å². The molecular weight excluding hydrogens is 462 g/mol. The number of fused-ring (bicyclic) bond motifs is 2. The molecule has 10 nitrogen and oxygen atoms in total. The monoisotopic (exact) mass is 487 g/mol. The fourth-order valence-electron chi connectivity index (χ4n) is 4.42. The summed E-state index contributed by atoms with van der Waals surface area (Å²) in [5.41, 5.74) is 3.30. The first-order valence-electron chi connectivity index (χ1n) is 11.5. The Morgan fingerprint density at radius 3 is 2.69 bits per heavy atom. The zero-order valence-corrected chi connectivity index (χ0v) is 20.3. The quantitative estimate of drug-likeness (QED) is 0.346. The summed E-state index contributed by atoms with van der Waals surface area (Å²) in [6.07, 6.45) is 5.22. The van der Waals surface area contributed by atoms with Gasteiger partial charge in [0.05, 0.1) is 39.2 Å². The number of aromatic amines is 2. The fourth-order valence-corrected chi connectivity index (χ4v) is 5.28. The molecule has 5 aromatic heterocycles. The maximum absolute atomic E-state index is 13.3. The molecule has 0 aromatic carbocycles. The highest BCUT2D eigenvalue weighted by atomic mass is 32.1. The van der Waals surface area contributed by atoms with E-state index in [9.17, 15) is 4.79 Å². The van der Waals surface area contributed by atoms with Crippen LogP contribution < -0.4 is 15.8 Å². The van der Waals surface area contributed by atoms with Crippen LogP contribution >= 0.6 is 11.3 Å². The number of hydrogen-bond acceptors (Lipinski definition) is 9. The molecule has 1 unspecified atom stereocenters. The third-order valence-electron chi connectivity index (χ3n) is 6.37. The Morgan fingerprint density at radius 1 is 1.09 bits per heavy atom. The van der Waals surface area contributed by atoms with Crippen LogP contribution in [0.3, 0.4) is 0 Å². The van der Waals surface area contributed by atoms with E-state index in [1.165, 1.54) is 0 Å². The van der Waals surface area contributed by atoms with Crippen LogP contribution in [0.4, 0.5) is 11.5 Å². The molecule has 1 fully saturated rings. The predicted octanol–water partition coefficient (Wildman–Crippen LogP) is 3.24. The van der Waals surface area contributed by atoms with Gasteiger partial charge < -0.3 is 25.1 Å². The lowest BCUT2D eigenvalue weighted by molar-refractivity contribution is 0.312. The number of pyridine rings is 2. The Balaban J connectivity index is 1.43. The topological polar surface area (TPSA) is 119 Å². The Labute approximate surface area is 205 Å². The van der Waals surface area contributed by atoms with Crippen molar-refractivity contribution in [2.45, 2.75) is 13.0 Å². The number of hydrogen-bond donors (Lipinski definition) is 3. The molecule has 11 heteroatoms. The van der Waals surface area contributed by atoms with Gasteiger partial charge in [-0.2, -0.15) is 0 Å². The van der Waals surface area contributed by atoms with E-state index in [0.717, 1.165) is 53.2 Å². The maximum atomic E-state index is 13.3. The molecule has 0 spiro atoms. The first-order valence-corrected chi connectivity index (χ1v) is 12.4. The largest absolute Gasteiger partial charge is 0.373 e. The van der Waals surface area contributed by atoms with Crippen LogP contribution in [-0.4, -0.2) is 68.0 Å². The minimum atomic E-state index is -0.217. The van der Waals surface area contributed by atoms with Crippen molar-refractivity contribution in [3.05, 3.63) is 58.3 Å². The van der Waals surface area contributed by atoms with Gasteiger partial charge in [0, 0.05) is 44.6 Å². The summed E-state index contributed by atoms with van der Waals surface area (Å²) in [5, 5.41) is 5.45. The average Bonchev–Trinajstić information content (AvgIpc) is 3.51. The molecule has 1 atom stereocenters. The van der Waals surface area contributed by atoms with Crippen LogP contribution in [0.1, 0.15) is 18.8 Å². The summed E-state index contributed by atoms with van der Waals surface area (Å²) in [5.74, 6) is 2.05. The molecular formula is C24H25N9OS. The SMILES string of the molecule is CC(Nc1c(-c2nc3cc(N4CCN(C)CC4)ncc3[nH]2)c(=O)[nH]c2ccsc12)c1ncccn1. The van der Waals surface area contributed by atoms with Crippen molar-refractivity contribution in [3.8, 4) is 11.4 Å². The zero-order valence-electron chi connectivity index (χ0n) is 19.4. The van der Waals surface area contributed by atoms with E-state index in [0.29, 0.717) is 22.9 Å². The second kappa shape index (κ2) is 8.75. The van der Waals surface area contributed by atoms with Crippen molar-refractivity contribution < 1.29 is 0 Å². The Morgan fingerprint density at radius 2 is 1.89 bits per heavy atom. The van der Waals surface area contributed by atoms with Crippen LogP contribution in [0.2, 0.25) is 0 Å². The van der Waals surface area contributed by atoms with Crippen LogP contribution in [0.5, 0.6) is 0 Å². The molecule has 0 amide bonds. The summed E-state index contributed by atoms with van der Waals surface area (Å²) in [6, 6.07) is 5.47. The number of aromatic nitrogens is 6. The van der Waals surface area contributed by atoms with Crippen molar-refractivity contribution in [3.63, 3.8) is 0 Å². The molecule has 6 rings (SSSR count). The van der Waals surface area contributed by atoms with Crippen molar-refractivity contribution in [2.24, 2.45) is 0 Å². The van der Waals surface area contributed by atoms with E-state index in [2.05, 4.69) is 47.1 Å². The van der Waals surface area contributed by atoms with E-state index in [1.54, 1.807) is 36.0 Å². The molecule has 0 aliphatic carbocycles. The van der Waals surface area contributed by atoms with E-state index < -0.39 is 0 Å². The van der Waals surface area contributed by atoms with Gasteiger partial charge in [-0.3, -0.25) is 4.79 Å². The number of nitrogens with one attached hydrogen (secondary N) is 3. The summed E-state index contributed by atoms with van der Waals surface area (Å²) in [7, 11) is 2.13. The second-order valence-electron chi connectivity index (χ2n) is 8.78. The molecule has 178 valence electrons. The number of piperazine rings is 1. The Bertz CT molecular complexity index is 1550. The van der Waals surface area contributed by atoms with Gasteiger partial charge in [0.25, 0.3) is 5.56 Å². The molecule has 6 heterocycles. The van der Waals surface area contributed by atoms with Gasteiger partial charge in [0.1, 0.15) is 23.0 Å². The molecule has 5 aromatic rings. The van der Waals surface area contributed by atoms with Gasteiger partial charge in [-0.1, -0.05) is 0 Å². The van der Waals surface area contributed by atoms with Crippen molar-refractivity contribution in [1.82, 2.24) is 34.8 Å². The first-order chi connectivity index (χ1) is 17.1. The fraction of sp³-hybridized carbons (Fsp3) is 0.292. The lowest BCUT2D eigenvalue weighted by atomic mass is 10.1. The molecule has 35 heavy (non-hydrogen) atoms. The van der Waals surface area contributed by atoms with Crippen LogP contribution in [0.25, 0.3) is 32.6 Å². The summed E-state index contributed by atoms with van der Waals surface area (Å²) < 4.78 is 0.944. The van der Waals surface area contributed by atoms with Crippen LogP contribution in [0.15, 0.2) is 47.0 Å². The van der Waals surface area contributed by atoms with Crippen molar-refractivity contribution in [1.29, 1.82) is 0 Å². The molecule has 0 saturated carbocycles. The highest BCUT2D eigenvalue weighted by molar-refractivity contribution is 7.17. The van der Waals surface area contributed by atoms with Crippen LogP contribution in [-0.2, 0) is 0 Å². The number of thiophene rings is 1. The van der Waals surface area contributed by atoms with Gasteiger partial charge in [-0.25, -0.2) is 19.9 Å². The summed E-state index contributed by atoms with van der Waals surface area (Å²) >= 11 is 1.56. The minimum absolute atomic E-state index is 0.211. The maximum Gasteiger partial charge on any atom is 0.261 e. The molecule has 1 aliphatic heterocycles. The van der Waals surface area contributed by atoms with Gasteiger partial charge >= 0.3 is 0 Å².